The Hall–Kier alpha value is -2.34. The molecule has 0 saturated carbocycles. The monoisotopic (exact) mass is 493 g/mol. The summed E-state index contributed by atoms with van der Waals surface area (Å²) in [5, 5.41) is 12.8. The van der Waals surface area contributed by atoms with Crippen molar-refractivity contribution in [2.75, 3.05) is 11.9 Å². The van der Waals surface area contributed by atoms with Gasteiger partial charge in [0.15, 0.2) is 23.3 Å². The van der Waals surface area contributed by atoms with Crippen LogP contribution in [0.5, 0.6) is 5.88 Å². The van der Waals surface area contributed by atoms with Gasteiger partial charge < -0.3 is 29.4 Å². The van der Waals surface area contributed by atoms with Crippen LogP contribution in [0.3, 0.4) is 0 Å². The first-order valence-corrected chi connectivity index (χ1v) is 11.0. The van der Waals surface area contributed by atoms with Crippen LogP contribution < -0.4 is 10.1 Å². The van der Waals surface area contributed by atoms with Gasteiger partial charge in [-0.15, -0.1) is 0 Å². The van der Waals surface area contributed by atoms with E-state index in [2.05, 4.69) is 25.3 Å². The molecule has 12 heteroatoms. The molecule has 2 N–H and O–H groups in total. The molecule has 5 rings (SSSR count). The molecule has 3 aromatic rings. The van der Waals surface area contributed by atoms with Crippen molar-refractivity contribution in [2.24, 2.45) is 0 Å². The van der Waals surface area contributed by atoms with E-state index < -0.39 is 30.3 Å². The number of nitrogens with one attached hydrogen (secondary N) is 1. The number of aliphatic hydroxyl groups excluding tert-OH is 1. The molecule has 2 aromatic heterocycles. The smallest absolute Gasteiger partial charge is 0.245 e. The largest absolute Gasteiger partial charge is 0.471 e. The molecule has 0 aliphatic carbocycles. The third-order valence-corrected chi connectivity index (χ3v) is 5.62. The van der Waals surface area contributed by atoms with E-state index in [0.717, 1.165) is 5.56 Å². The van der Waals surface area contributed by atoms with Crippen LogP contribution in [0.25, 0.3) is 11.0 Å². The topological polar surface area (TPSA) is 121 Å². The van der Waals surface area contributed by atoms with E-state index in [-0.39, 0.29) is 41.0 Å². The van der Waals surface area contributed by atoms with Gasteiger partial charge in [0.05, 0.1) is 6.61 Å². The summed E-state index contributed by atoms with van der Waals surface area (Å²) in [7, 11) is 0. The van der Waals surface area contributed by atoms with Gasteiger partial charge in [-0.25, -0.2) is 9.97 Å². The third-order valence-electron chi connectivity index (χ3n) is 5.28. The minimum Gasteiger partial charge on any atom is -0.471 e. The SMILES string of the molecule is CC1(C)O[C@@H]2[C@H](O1)[C@@H](CO)O[C@H]2Nc1nc(Cl)nc2c(OCc3ccccc3)nc(Cl)nc12. The van der Waals surface area contributed by atoms with Crippen molar-refractivity contribution in [2.45, 2.75) is 50.8 Å². The number of anilines is 1. The molecule has 2 aliphatic heterocycles. The number of fused-ring (bicyclic) bond motifs is 2. The van der Waals surface area contributed by atoms with E-state index >= 15 is 0 Å². The van der Waals surface area contributed by atoms with Gasteiger partial charge in [-0.1, -0.05) is 30.3 Å². The summed E-state index contributed by atoms with van der Waals surface area (Å²) in [5.74, 6) is -0.391. The lowest BCUT2D eigenvalue weighted by Crippen LogP contribution is -2.35. The Morgan fingerprint density at radius 3 is 2.45 bits per heavy atom. The molecule has 0 unspecified atom stereocenters. The fourth-order valence-corrected chi connectivity index (χ4v) is 4.27. The number of aliphatic hydroxyl groups is 1. The van der Waals surface area contributed by atoms with Gasteiger partial charge in [0, 0.05) is 0 Å². The maximum Gasteiger partial charge on any atom is 0.245 e. The first-order chi connectivity index (χ1) is 15.8. The first-order valence-electron chi connectivity index (χ1n) is 10.3. The molecule has 4 heterocycles. The lowest BCUT2D eigenvalue weighted by molar-refractivity contribution is -0.187. The summed E-state index contributed by atoms with van der Waals surface area (Å²) in [4.78, 5) is 17.0. The molecule has 174 valence electrons. The normalized spacial score (nSPS) is 25.8. The lowest BCUT2D eigenvalue weighted by Gasteiger charge is -2.24. The molecule has 0 amide bonds. The molecule has 10 nitrogen and oxygen atoms in total. The number of rotatable bonds is 6. The van der Waals surface area contributed by atoms with E-state index in [0.29, 0.717) is 5.52 Å². The second-order valence-electron chi connectivity index (χ2n) is 8.10. The number of nitrogens with zero attached hydrogens (tertiary/aromatic N) is 4. The van der Waals surface area contributed by atoms with E-state index in [1.54, 1.807) is 13.8 Å². The fraction of sp³-hybridized carbons (Fsp3) is 0.429. The summed E-state index contributed by atoms with van der Waals surface area (Å²) in [5.41, 5.74) is 1.53. The molecule has 4 atom stereocenters. The van der Waals surface area contributed by atoms with Crippen molar-refractivity contribution >= 4 is 40.1 Å². The van der Waals surface area contributed by atoms with E-state index in [4.69, 9.17) is 42.1 Å². The number of ether oxygens (including phenoxy) is 4. The van der Waals surface area contributed by atoms with Crippen molar-refractivity contribution in [1.29, 1.82) is 0 Å². The molecule has 2 fully saturated rings. The maximum absolute atomic E-state index is 9.72. The zero-order valence-corrected chi connectivity index (χ0v) is 19.2. The quantitative estimate of drug-likeness (QED) is 0.495. The molecular weight excluding hydrogens is 473 g/mol. The van der Waals surface area contributed by atoms with Crippen LogP contribution in [0.15, 0.2) is 30.3 Å². The van der Waals surface area contributed by atoms with Crippen molar-refractivity contribution in [1.82, 2.24) is 19.9 Å². The highest BCUT2D eigenvalue weighted by molar-refractivity contribution is 6.29. The standard InChI is InChI=1S/C21H21Cl2N5O5/c1-21(2)32-14-11(8-29)31-18(15(14)33-21)26-16-12-13(25-19(22)27-16)17(28-20(23)24-12)30-9-10-6-4-3-5-7-10/h3-7,11,14-15,18,29H,8-9H2,1-2H3,(H,25,26,27)/t11-,14-,15-,18-/m1/s1. The van der Waals surface area contributed by atoms with Crippen LogP contribution in [-0.2, 0) is 20.8 Å². The van der Waals surface area contributed by atoms with Crippen LogP contribution in [0.2, 0.25) is 10.6 Å². The predicted octanol–water partition coefficient (Wildman–Crippen LogP) is 2.95. The Morgan fingerprint density at radius 1 is 1.00 bits per heavy atom. The van der Waals surface area contributed by atoms with Crippen LogP contribution in [0.4, 0.5) is 5.82 Å². The second-order valence-corrected chi connectivity index (χ2v) is 8.77. The highest BCUT2D eigenvalue weighted by atomic mass is 35.5. The van der Waals surface area contributed by atoms with Gasteiger partial charge in [-0.2, -0.15) is 9.97 Å². The number of hydrogen-bond acceptors (Lipinski definition) is 10. The Labute approximate surface area is 199 Å². The minimum atomic E-state index is -0.818. The zero-order chi connectivity index (χ0) is 23.2. The van der Waals surface area contributed by atoms with Crippen LogP contribution in [-0.4, -0.2) is 62.0 Å². The Bertz CT molecular complexity index is 1170. The highest BCUT2D eigenvalue weighted by Crippen LogP contribution is 2.39. The van der Waals surface area contributed by atoms with Crippen LogP contribution in [0.1, 0.15) is 19.4 Å². The Balaban J connectivity index is 1.47. The highest BCUT2D eigenvalue weighted by Gasteiger charge is 2.55. The molecule has 2 aliphatic rings. The van der Waals surface area contributed by atoms with Crippen molar-refractivity contribution < 1.29 is 24.1 Å². The molecule has 33 heavy (non-hydrogen) atoms. The molecular formula is C21H21Cl2N5O5. The maximum atomic E-state index is 9.72. The van der Waals surface area contributed by atoms with Crippen molar-refractivity contribution in [3.05, 3.63) is 46.5 Å². The average Bonchev–Trinajstić information content (AvgIpc) is 3.26. The number of halogens is 2. The summed E-state index contributed by atoms with van der Waals surface area (Å²) in [6, 6.07) is 9.60. The molecule has 2 saturated heterocycles. The second kappa shape index (κ2) is 8.79. The molecule has 0 spiro atoms. The van der Waals surface area contributed by atoms with Gasteiger partial charge in [-0.05, 0) is 42.6 Å². The summed E-state index contributed by atoms with van der Waals surface area (Å²) < 4.78 is 23.7. The summed E-state index contributed by atoms with van der Waals surface area (Å²) in [6.07, 6.45) is -2.20. The van der Waals surface area contributed by atoms with E-state index in [1.165, 1.54) is 0 Å². The van der Waals surface area contributed by atoms with Crippen LogP contribution >= 0.6 is 23.2 Å². The number of benzene rings is 1. The minimum absolute atomic E-state index is 0.0421. The first kappa shape index (κ1) is 22.5. The fourth-order valence-electron chi connectivity index (χ4n) is 3.94. The van der Waals surface area contributed by atoms with Gasteiger partial charge in [0.2, 0.25) is 16.4 Å². The summed E-state index contributed by atoms with van der Waals surface area (Å²) >= 11 is 12.4. The van der Waals surface area contributed by atoms with E-state index in [9.17, 15) is 5.11 Å². The number of aromatic nitrogens is 4. The van der Waals surface area contributed by atoms with Crippen molar-refractivity contribution in [3.63, 3.8) is 0 Å². The number of hydrogen-bond donors (Lipinski definition) is 2. The average molecular weight is 494 g/mol. The lowest BCUT2D eigenvalue weighted by atomic mass is 10.1. The van der Waals surface area contributed by atoms with Gasteiger partial charge in [0.25, 0.3) is 0 Å². The zero-order valence-electron chi connectivity index (χ0n) is 17.7. The Kier molecular flexibility index (Phi) is 5.98. The summed E-state index contributed by atoms with van der Waals surface area (Å²) in [6.45, 7) is 3.63. The van der Waals surface area contributed by atoms with E-state index in [1.807, 2.05) is 30.3 Å². The predicted molar refractivity (Wildman–Crippen MR) is 119 cm³/mol. The van der Waals surface area contributed by atoms with Crippen LogP contribution in [0, 0.1) is 0 Å². The molecule has 1 aromatic carbocycles. The molecule has 0 bridgehead atoms. The van der Waals surface area contributed by atoms with Gasteiger partial charge in [-0.3, -0.25) is 0 Å². The van der Waals surface area contributed by atoms with Crippen molar-refractivity contribution in [3.8, 4) is 5.88 Å². The van der Waals surface area contributed by atoms with Gasteiger partial charge >= 0.3 is 0 Å². The molecule has 0 radical (unpaired) electrons. The third kappa shape index (κ3) is 4.54. The van der Waals surface area contributed by atoms with Gasteiger partial charge in [0.1, 0.15) is 30.4 Å². The Morgan fingerprint density at radius 2 is 1.70 bits per heavy atom.